The topological polar surface area (TPSA) is 55.2 Å². The van der Waals surface area contributed by atoms with Crippen LogP contribution in [0.4, 0.5) is 15.8 Å². The highest BCUT2D eigenvalue weighted by molar-refractivity contribution is 9.10. The van der Waals surface area contributed by atoms with Crippen molar-refractivity contribution in [2.75, 3.05) is 5.32 Å². The maximum atomic E-state index is 12.9. The Hall–Kier alpha value is -1.95. The van der Waals surface area contributed by atoms with Gasteiger partial charge < -0.3 is 5.32 Å². The van der Waals surface area contributed by atoms with Crippen molar-refractivity contribution in [2.45, 2.75) is 6.54 Å². The summed E-state index contributed by atoms with van der Waals surface area (Å²) in [6, 6.07) is 10.6. The van der Waals surface area contributed by atoms with E-state index in [2.05, 4.69) is 21.2 Å². The van der Waals surface area contributed by atoms with Gasteiger partial charge >= 0.3 is 0 Å². The zero-order valence-electron chi connectivity index (χ0n) is 9.77. The maximum Gasteiger partial charge on any atom is 0.269 e. The van der Waals surface area contributed by atoms with Gasteiger partial charge in [0.25, 0.3) is 5.69 Å². The Balaban J connectivity index is 2.04. The van der Waals surface area contributed by atoms with Crippen molar-refractivity contribution in [2.24, 2.45) is 0 Å². The van der Waals surface area contributed by atoms with Crippen LogP contribution in [0.2, 0.25) is 0 Å². The molecule has 0 atom stereocenters. The molecule has 0 amide bonds. The molecule has 0 aliphatic heterocycles. The number of nitro groups is 1. The van der Waals surface area contributed by atoms with Gasteiger partial charge in [-0.3, -0.25) is 10.1 Å². The second kappa shape index (κ2) is 5.79. The molecule has 0 bridgehead atoms. The summed E-state index contributed by atoms with van der Waals surface area (Å²) in [6.45, 7) is 0.502. The molecule has 0 unspecified atom stereocenters. The minimum Gasteiger partial charge on any atom is -0.380 e. The van der Waals surface area contributed by atoms with E-state index in [0.29, 0.717) is 11.0 Å². The molecule has 1 N–H and O–H groups in total. The molecular formula is C13H10BrFN2O2. The summed E-state index contributed by atoms with van der Waals surface area (Å²) in [5.41, 5.74) is 1.73. The summed E-state index contributed by atoms with van der Waals surface area (Å²) >= 11 is 3.26. The molecule has 0 spiro atoms. The molecule has 0 saturated heterocycles. The predicted molar refractivity (Wildman–Crippen MR) is 74.5 cm³/mol. The normalized spacial score (nSPS) is 10.2. The molecule has 0 aliphatic rings. The van der Waals surface area contributed by atoms with Crippen LogP contribution < -0.4 is 5.32 Å². The minimum atomic E-state index is -0.437. The van der Waals surface area contributed by atoms with Gasteiger partial charge in [0.15, 0.2) is 0 Å². The first-order chi connectivity index (χ1) is 9.06. The highest BCUT2D eigenvalue weighted by Gasteiger charge is 2.05. The van der Waals surface area contributed by atoms with E-state index in [1.165, 1.54) is 24.3 Å². The van der Waals surface area contributed by atoms with E-state index in [1.807, 2.05) is 0 Å². The molecule has 98 valence electrons. The third-order valence-electron chi connectivity index (χ3n) is 2.56. The van der Waals surface area contributed by atoms with Gasteiger partial charge in [-0.05, 0) is 39.7 Å². The maximum absolute atomic E-state index is 12.9. The van der Waals surface area contributed by atoms with Crippen molar-refractivity contribution in [3.05, 3.63) is 68.4 Å². The lowest BCUT2D eigenvalue weighted by molar-refractivity contribution is -0.384. The van der Waals surface area contributed by atoms with Gasteiger partial charge in [0.1, 0.15) is 5.82 Å². The van der Waals surface area contributed by atoms with Gasteiger partial charge in [-0.2, -0.15) is 0 Å². The fourth-order valence-electron chi connectivity index (χ4n) is 1.57. The Kier molecular flexibility index (Phi) is 4.11. The first-order valence-electron chi connectivity index (χ1n) is 5.48. The van der Waals surface area contributed by atoms with Crippen molar-refractivity contribution in [1.82, 2.24) is 0 Å². The first-order valence-corrected chi connectivity index (χ1v) is 6.28. The highest BCUT2D eigenvalue weighted by Crippen LogP contribution is 2.23. The first kappa shape index (κ1) is 13.5. The van der Waals surface area contributed by atoms with Gasteiger partial charge in [-0.1, -0.05) is 12.1 Å². The van der Waals surface area contributed by atoms with Crippen molar-refractivity contribution in [3.63, 3.8) is 0 Å². The van der Waals surface area contributed by atoms with Crippen LogP contribution in [0.25, 0.3) is 0 Å². The van der Waals surface area contributed by atoms with E-state index in [4.69, 9.17) is 0 Å². The number of hydrogen-bond acceptors (Lipinski definition) is 3. The molecule has 19 heavy (non-hydrogen) atoms. The van der Waals surface area contributed by atoms with Crippen LogP contribution in [0, 0.1) is 15.9 Å². The number of hydrogen-bond donors (Lipinski definition) is 1. The Labute approximate surface area is 117 Å². The lowest BCUT2D eigenvalue weighted by atomic mass is 10.2. The molecule has 6 heteroatoms. The molecule has 0 radical (unpaired) electrons. The summed E-state index contributed by atoms with van der Waals surface area (Å²) in [5.74, 6) is -0.312. The van der Waals surface area contributed by atoms with Crippen molar-refractivity contribution >= 4 is 27.3 Å². The Morgan fingerprint density at radius 1 is 1.21 bits per heavy atom. The van der Waals surface area contributed by atoms with Crippen LogP contribution in [0.15, 0.2) is 46.9 Å². The fraction of sp³-hybridized carbons (Fsp3) is 0.0769. The van der Waals surface area contributed by atoms with E-state index < -0.39 is 4.92 Å². The zero-order chi connectivity index (χ0) is 13.8. The summed E-state index contributed by atoms with van der Waals surface area (Å²) in [7, 11) is 0. The Morgan fingerprint density at radius 3 is 2.47 bits per heavy atom. The van der Waals surface area contributed by atoms with Crippen molar-refractivity contribution in [3.8, 4) is 0 Å². The van der Waals surface area contributed by atoms with Gasteiger partial charge in [0.05, 0.1) is 4.92 Å². The van der Waals surface area contributed by atoms with Gasteiger partial charge in [0, 0.05) is 28.8 Å². The molecular weight excluding hydrogens is 315 g/mol. The number of nitrogens with zero attached hydrogens (tertiary/aromatic N) is 1. The SMILES string of the molecule is O=[N+]([O-])c1ccc(CNc2ccc(F)cc2Br)cc1. The summed E-state index contributed by atoms with van der Waals surface area (Å²) in [4.78, 5) is 10.1. The van der Waals surface area contributed by atoms with Crippen molar-refractivity contribution < 1.29 is 9.31 Å². The molecule has 0 aromatic heterocycles. The standard InChI is InChI=1S/C13H10BrFN2O2/c14-12-7-10(15)3-6-13(12)16-8-9-1-4-11(5-2-9)17(18)19/h1-7,16H,8H2. The molecule has 2 aromatic rings. The second-order valence-electron chi connectivity index (χ2n) is 3.90. The molecule has 4 nitrogen and oxygen atoms in total. The summed E-state index contributed by atoms with van der Waals surface area (Å²) < 4.78 is 13.5. The number of nitro benzene ring substituents is 1. The Morgan fingerprint density at radius 2 is 1.89 bits per heavy atom. The number of non-ortho nitro benzene ring substituents is 1. The van der Waals surface area contributed by atoms with Crippen LogP contribution in [0.3, 0.4) is 0 Å². The van der Waals surface area contributed by atoms with E-state index in [9.17, 15) is 14.5 Å². The minimum absolute atomic E-state index is 0.0618. The van der Waals surface area contributed by atoms with E-state index in [-0.39, 0.29) is 11.5 Å². The van der Waals surface area contributed by atoms with E-state index in [1.54, 1.807) is 18.2 Å². The highest BCUT2D eigenvalue weighted by atomic mass is 79.9. The molecule has 0 aliphatic carbocycles. The van der Waals surface area contributed by atoms with Crippen LogP contribution in [0.5, 0.6) is 0 Å². The lowest BCUT2D eigenvalue weighted by Crippen LogP contribution is -2.00. The van der Waals surface area contributed by atoms with E-state index >= 15 is 0 Å². The smallest absolute Gasteiger partial charge is 0.269 e. The number of nitrogens with one attached hydrogen (secondary N) is 1. The summed E-state index contributed by atoms with van der Waals surface area (Å²) in [5, 5.41) is 13.6. The third-order valence-corrected chi connectivity index (χ3v) is 3.22. The number of anilines is 1. The van der Waals surface area contributed by atoms with Crippen LogP contribution in [-0.4, -0.2) is 4.92 Å². The van der Waals surface area contributed by atoms with Gasteiger partial charge in [-0.15, -0.1) is 0 Å². The molecule has 2 aromatic carbocycles. The number of halogens is 2. The molecule has 0 heterocycles. The average Bonchev–Trinajstić information content (AvgIpc) is 2.38. The van der Waals surface area contributed by atoms with E-state index in [0.717, 1.165) is 11.3 Å². The van der Waals surface area contributed by atoms with Crippen molar-refractivity contribution in [1.29, 1.82) is 0 Å². The molecule has 2 rings (SSSR count). The second-order valence-corrected chi connectivity index (χ2v) is 4.76. The lowest BCUT2D eigenvalue weighted by Gasteiger charge is -2.08. The van der Waals surface area contributed by atoms with Gasteiger partial charge in [-0.25, -0.2) is 4.39 Å². The average molecular weight is 325 g/mol. The van der Waals surface area contributed by atoms with Crippen LogP contribution in [0.1, 0.15) is 5.56 Å². The molecule has 0 fully saturated rings. The predicted octanol–water partition coefficient (Wildman–Crippen LogP) is 4.11. The number of rotatable bonds is 4. The van der Waals surface area contributed by atoms with Crippen LogP contribution >= 0.6 is 15.9 Å². The van der Waals surface area contributed by atoms with Crippen LogP contribution in [-0.2, 0) is 6.54 Å². The zero-order valence-corrected chi connectivity index (χ0v) is 11.4. The monoisotopic (exact) mass is 324 g/mol. The quantitative estimate of drug-likeness (QED) is 0.680. The number of benzene rings is 2. The fourth-order valence-corrected chi connectivity index (χ4v) is 2.06. The Bertz CT molecular complexity index is 602. The summed E-state index contributed by atoms with van der Waals surface area (Å²) in [6.07, 6.45) is 0. The van der Waals surface area contributed by atoms with Gasteiger partial charge in [0.2, 0.25) is 0 Å². The molecule has 0 saturated carbocycles. The third kappa shape index (κ3) is 3.51. The largest absolute Gasteiger partial charge is 0.380 e.